The van der Waals surface area contributed by atoms with Crippen LogP contribution in [-0.2, 0) is 18.9 Å². The summed E-state index contributed by atoms with van der Waals surface area (Å²) in [5, 5.41) is 0. The van der Waals surface area contributed by atoms with Crippen LogP contribution >= 0.6 is 7.82 Å². The molecule has 0 saturated carbocycles. The van der Waals surface area contributed by atoms with Gasteiger partial charge in [0.2, 0.25) is 0 Å². The fourth-order valence-corrected chi connectivity index (χ4v) is 1.10. The van der Waals surface area contributed by atoms with E-state index in [1.54, 1.807) is 0 Å². The van der Waals surface area contributed by atoms with Crippen LogP contribution in [0, 0.1) is 0 Å². The predicted molar refractivity (Wildman–Crippen MR) is 32.7 cm³/mol. The molecule has 60 valence electrons. The number of hydrogen-bond donors (Lipinski definition) is 3. The molecule has 0 aliphatic rings. The van der Waals surface area contributed by atoms with Crippen LogP contribution in [0.3, 0.4) is 0 Å². The summed E-state index contributed by atoms with van der Waals surface area (Å²) >= 11 is 0. The SMILES string of the molecule is O=P(O)(O)OS(=O)(=O)O.[H-].[H-].[Mg+2]. The minimum Gasteiger partial charge on any atom is -1.00 e. The first-order chi connectivity index (χ1) is 3.71. The third-order valence-electron chi connectivity index (χ3n) is 0.191. The Morgan fingerprint density at radius 3 is 1.70 bits per heavy atom. The molecule has 0 bridgehead atoms. The summed E-state index contributed by atoms with van der Waals surface area (Å²) in [7, 11) is -10.2. The van der Waals surface area contributed by atoms with Crippen molar-refractivity contribution in [2.24, 2.45) is 0 Å². The molecule has 7 nitrogen and oxygen atoms in total. The van der Waals surface area contributed by atoms with Crippen LogP contribution in [0.4, 0.5) is 0 Å². The van der Waals surface area contributed by atoms with E-state index in [0.29, 0.717) is 0 Å². The first-order valence-corrected chi connectivity index (χ1v) is 4.34. The van der Waals surface area contributed by atoms with Crippen molar-refractivity contribution in [1.82, 2.24) is 0 Å². The summed E-state index contributed by atoms with van der Waals surface area (Å²) in [6.07, 6.45) is 0. The molecule has 0 aliphatic carbocycles. The summed E-state index contributed by atoms with van der Waals surface area (Å²) in [4.78, 5) is 15.4. The zero-order valence-corrected chi connectivity index (χ0v) is 7.66. The Morgan fingerprint density at radius 1 is 1.40 bits per heavy atom. The molecular weight excluding hydrogens is 199 g/mol. The molecule has 0 spiro atoms. The largest absolute Gasteiger partial charge is 2.00 e. The Balaban J connectivity index is -0.000000107. The maximum absolute atomic E-state index is 9.58. The van der Waals surface area contributed by atoms with Gasteiger partial charge in [-0.15, -0.1) is 3.97 Å². The van der Waals surface area contributed by atoms with E-state index in [0.717, 1.165) is 0 Å². The van der Waals surface area contributed by atoms with Gasteiger partial charge in [-0.1, -0.05) is 0 Å². The summed E-state index contributed by atoms with van der Waals surface area (Å²) < 4.78 is 39.0. The van der Waals surface area contributed by atoms with Crippen LogP contribution in [0.15, 0.2) is 0 Å². The number of rotatable bonds is 2. The van der Waals surface area contributed by atoms with Gasteiger partial charge in [-0.05, 0) is 0 Å². The molecule has 0 rings (SSSR count). The van der Waals surface area contributed by atoms with Gasteiger partial charge in [0, 0.05) is 0 Å². The smallest absolute Gasteiger partial charge is 1.00 e. The molecule has 0 aliphatic heterocycles. The van der Waals surface area contributed by atoms with Gasteiger partial charge in [-0.25, -0.2) is 4.57 Å². The third-order valence-corrected chi connectivity index (χ3v) is 1.72. The maximum atomic E-state index is 9.58. The van der Waals surface area contributed by atoms with Gasteiger partial charge in [0.25, 0.3) is 0 Å². The summed E-state index contributed by atoms with van der Waals surface area (Å²) in [6.45, 7) is 0. The van der Waals surface area contributed by atoms with Crippen molar-refractivity contribution in [2.75, 3.05) is 0 Å². The second-order valence-electron chi connectivity index (χ2n) is 0.993. The van der Waals surface area contributed by atoms with E-state index >= 15 is 0 Å². The molecule has 0 unspecified atom stereocenters. The minimum atomic E-state index is -5.13. The van der Waals surface area contributed by atoms with E-state index in [9.17, 15) is 13.0 Å². The zero-order chi connectivity index (χ0) is 7.71. The van der Waals surface area contributed by atoms with Gasteiger partial charge < -0.3 is 12.6 Å². The Bertz CT molecular complexity index is 228. The second-order valence-corrected chi connectivity index (χ2v) is 3.43. The van der Waals surface area contributed by atoms with Crippen molar-refractivity contribution in [3.63, 3.8) is 0 Å². The fraction of sp³-hybridized carbons (Fsp3) is 0. The van der Waals surface area contributed by atoms with Crippen molar-refractivity contribution >= 4 is 41.3 Å². The summed E-state index contributed by atoms with van der Waals surface area (Å²) in [5.41, 5.74) is 0. The van der Waals surface area contributed by atoms with Gasteiger partial charge in [0.15, 0.2) is 0 Å². The van der Waals surface area contributed by atoms with Crippen molar-refractivity contribution in [3.05, 3.63) is 0 Å². The molecule has 0 atom stereocenters. The molecular formula is H5MgO7PS. The Morgan fingerprint density at radius 2 is 1.70 bits per heavy atom. The quantitative estimate of drug-likeness (QED) is 0.292. The third kappa shape index (κ3) is 11.6. The zero-order valence-electron chi connectivity index (χ0n) is 6.54. The van der Waals surface area contributed by atoms with Crippen LogP contribution < -0.4 is 0 Å². The van der Waals surface area contributed by atoms with Crippen molar-refractivity contribution in [3.8, 4) is 0 Å². The Kier molecular flexibility index (Phi) is 5.32. The van der Waals surface area contributed by atoms with E-state index in [1.165, 1.54) is 0 Å². The van der Waals surface area contributed by atoms with Gasteiger partial charge in [-0.2, -0.15) is 8.42 Å². The number of phosphoric acid groups is 1. The van der Waals surface area contributed by atoms with Crippen LogP contribution in [0.2, 0.25) is 0 Å². The van der Waals surface area contributed by atoms with E-state index in [4.69, 9.17) is 14.3 Å². The van der Waals surface area contributed by atoms with Crippen molar-refractivity contribution in [2.45, 2.75) is 0 Å². The average Bonchev–Trinajstić information content (AvgIpc) is 1.14. The van der Waals surface area contributed by atoms with Crippen LogP contribution in [0.1, 0.15) is 2.85 Å². The van der Waals surface area contributed by atoms with E-state index in [-0.39, 0.29) is 25.9 Å². The molecule has 0 saturated heterocycles. The van der Waals surface area contributed by atoms with E-state index in [2.05, 4.69) is 3.97 Å². The molecule has 0 radical (unpaired) electrons. The second kappa shape index (κ2) is 3.97. The molecule has 0 aromatic carbocycles. The summed E-state index contributed by atoms with van der Waals surface area (Å²) in [5.74, 6) is 0. The van der Waals surface area contributed by atoms with Gasteiger partial charge >= 0.3 is 41.3 Å². The van der Waals surface area contributed by atoms with E-state index < -0.39 is 18.2 Å². The first kappa shape index (κ1) is 13.4. The molecule has 0 aromatic heterocycles. The average molecular weight is 204 g/mol. The fourth-order valence-electron chi connectivity index (χ4n) is 0.123. The molecule has 0 amide bonds. The van der Waals surface area contributed by atoms with Crippen LogP contribution in [0.25, 0.3) is 0 Å². The van der Waals surface area contributed by atoms with Crippen LogP contribution in [0.5, 0.6) is 0 Å². The first-order valence-electron chi connectivity index (χ1n) is 1.45. The van der Waals surface area contributed by atoms with Crippen LogP contribution in [-0.4, -0.2) is 45.8 Å². The molecule has 3 N–H and O–H groups in total. The molecule has 10 heteroatoms. The summed E-state index contributed by atoms with van der Waals surface area (Å²) in [6, 6.07) is 0. The molecule has 0 aromatic rings. The number of hydrogen-bond acceptors (Lipinski definition) is 4. The molecule has 0 fully saturated rings. The van der Waals surface area contributed by atoms with Gasteiger partial charge in [0.05, 0.1) is 0 Å². The normalized spacial score (nSPS) is 12.3. The van der Waals surface area contributed by atoms with E-state index in [1.807, 2.05) is 0 Å². The van der Waals surface area contributed by atoms with Gasteiger partial charge in [-0.3, -0.25) is 4.55 Å². The Labute approximate surface area is 75.7 Å². The maximum Gasteiger partial charge on any atom is 2.00 e. The van der Waals surface area contributed by atoms with Crippen molar-refractivity contribution in [1.29, 1.82) is 0 Å². The van der Waals surface area contributed by atoms with Crippen molar-refractivity contribution < 1.29 is 34.1 Å². The predicted octanol–water partition coefficient (Wildman–Crippen LogP) is -1.26. The van der Waals surface area contributed by atoms with Gasteiger partial charge in [0.1, 0.15) is 0 Å². The monoisotopic (exact) mass is 204 g/mol. The molecule has 0 heterocycles. The molecule has 10 heavy (non-hydrogen) atoms. The standard InChI is InChI=1S/Mg.H3O7PS.2H/c;1-8(2,3)7-9(4,5)6;;/h;(H2,1,2,3)(H,4,5,6);;/q+2;;2*-1. The topological polar surface area (TPSA) is 121 Å². The Hall–Kier alpha value is 0.786. The minimum absolute atomic E-state index is 0.